The van der Waals surface area contributed by atoms with Crippen LogP contribution >= 0.6 is 0 Å². The van der Waals surface area contributed by atoms with Crippen molar-refractivity contribution in [3.63, 3.8) is 0 Å². The van der Waals surface area contributed by atoms with Crippen LogP contribution in [0.15, 0.2) is 24.3 Å². The summed E-state index contributed by atoms with van der Waals surface area (Å²) in [6.07, 6.45) is -0.964. The van der Waals surface area contributed by atoms with Gasteiger partial charge in [-0.1, -0.05) is 12.1 Å². The maximum absolute atomic E-state index is 15.2. The molecule has 2 fully saturated rings. The van der Waals surface area contributed by atoms with Crippen molar-refractivity contribution >= 4 is 22.4 Å². The van der Waals surface area contributed by atoms with Gasteiger partial charge in [0.1, 0.15) is 11.9 Å². The number of pyridine rings is 1. The lowest BCUT2D eigenvalue weighted by Crippen LogP contribution is -2.44. The number of ether oxygens (including phenoxy) is 1. The molecule has 2 N–H and O–H groups in total. The summed E-state index contributed by atoms with van der Waals surface area (Å²) in [6.45, 7) is 9.75. The molecule has 1 spiro atoms. The van der Waals surface area contributed by atoms with E-state index in [1.807, 2.05) is 19.9 Å². The standard InChI is InChI=1S/C26H30F3N5O2/c1-14(18-6-5-7-20(22(18)27)26(28,29)17(4)35)31-24-19-10-21(15(2)30-23(19)16(3)32-33-24)34-9-8-25(11-34)12-36-13-25/h5-7,10,14,17,35H,8-9,11-13H2,1-4H3,(H,31,33)/t14-,17?/m1/s1. The monoisotopic (exact) mass is 501 g/mol. The number of nitrogens with zero attached hydrogens (tertiary/aromatic N) is 4. The van der Waals surface area contributed by atoms with Gasteiger partial charge in [-0.15, -0.1) is 5.10 Å². The Bertz CT molecular complexity index is 1310. The minimum atomic E-state index is -3.72. The smallest absolute Gasteiger partial charge is 0.301 e. The molecule has 36 heavy (non-hydrogen) atoms. The number of aliphatic hydroxyl groups is 1. The minimum Gasteiger partial charge on any atom is -0.387 e. The first kappa shape index (κ1) is 24.7. The maximum atomic E-state index is 15.2. The SMILES string of the molecule is Cc1nc2c(C)nnc(N[C@H](C)c3cccc(C(F)(F)C(C)O)c3F)c2cc1N1CCC2(COC2)C1. The number of hydrogen-bond acceptors (Lipinski definition) is 7. The third kappa shape index (κ3) is 4.06. The first-order valence-electron chi connectivity index (χ1n) is 12.1. The van der Waals surface area contributed by atoms with Gasteiger partial charge in [0.2, 0.25) is 0 Å². The van der Waals surface area contributed by atoms with Crippen LogP contribution in [0, 0.1) is 25.1 Å². The van der Waals surface area contributed by atoms with Crippen molar-refractivity contribution in [1.29, 1.82) is 0 Å². The Labute approximate surface area is 207 Å². The molecule has 0 bridgehead atoms. The van der Waals surface area contributed by atoms with E-state index in [-0.39, 0.29) is 11.0 Å². The van der Waals surface area contributed by atoms with E-state index in [4.69, 9.17) is 9.72 Å². The summed E-state index contributed by atoms with van der Waals surface area (Å²) >= 11 is 0. The highest BCUT2D eigenvalue weighted by atomic mass is 19.3. The molecular formula is C26H30F3N5O2. The number of aryl methyl sites for hydroxylation is 2. The third-order valence-corrected chi connectivity index (χ3v) is 7.41. The number of fused-ring (bicyclic) bond motifs is 1. The molecule has 0 saturated carbocycles. The highest BCUT2D eigenvalue weighted by Gasteiger charge is 2.45. The zero-order chi connectivity index (χ0) is 25.8. The van der Waals surface area contributed by atoms with Crippen molar-refractivity contribution in [3.05, 3.63) is 52.6 Å². The summed E-state index contributed by atoms with van der Waals surface area (Å²) in [5.41, 5.74) is 2.62. The van der Waals surface area contributed by atoms with E-state index in [0.29, 0.717) is 17.0 Å². The minimum absolute atomic E-state index is 0.0371. The Balaban J connectivity index is 1.50. The second-order valence-corrected chi connectivity index (χ2v) is 10.2. The number of rotatable bonds is 6. The molecule has 2 aromatic heterocycles. The molecule has 1 aromatic carbocycles. The van der Waals surface area contributed by atoms with Gasteiger partial charge in [0.15, 0.2) is 5.82 Å². The number of alkyl halides is 2. The summed E-state index contributed by atoms with van der Waals surface area (Å²) in [7, 11) is 0. The number of nitrogens with one attached hydrogen (secondary N) is 1. The van der Waals surface area contributed by atoms with Crippen molar-refractivity contribution < 1.29 is 23.0 Å². The average Bonchev–Trinajstić information content (AvgIpc) is 3.27. The quantitative estimate of drug-likeness (QED) is 0.509. The van der Waals surface area contributed by atoms with Crippen LogP contribution in [0.4, 0.5) is 24.7 Å². The summed E-state index contributed by atoms with van der Waals surface area (Å²) in [6, 6.07) is 5.12. The topological polar surface area (TPSA) is 83.4 Å². The predicted octanol–water partition coefficient (Wildman–Crippen LogP) is 4.65. The number of aromatic nitrogens is 3. The molecule has 1 unspecified atom stereocenters. The Morgan fingerprint density at radius 3 is 2.56 bits per heavy atom. The third-order valence-electron chi connectivity index (χ3n) is 7.41. The Kier molecular flexibility index (Phi) is 6.07. The van der Waals surface area contributed by atoms with Crippen LogP contribution in [0.25, 0.3) is 10.9 Å². The Hall–Kier alpha value is -2.98. The van der Waals surface area contributed by atoms with Crippen LogP contribution in [0.2, 0.25) is 0 Å². The van der Waals surface area contributed by atoms with Gasteiger partial charge in [-0.3, -0.25) is 0 Å². The molecule has 4 heterocycles. The number of aliphatic hydroxyl groups excluding tert-OH is 1. The first-order chi connectivity index (χ1) is 17.0. The molecule has 10 heteroatoms. The fourth-order valence-corrected chi connectivity index (χ4v) is 5.12. The molecular weight excluding hydrogens is 471 g/mol. The lowest BCUT2D eigenvalue weighted by Gasteiger charge is -2.38. The zero-order valence-electron chi connectivity index (χ0n) is 20.8. The molecule has 5 rings (SSSR count). The summed E-state index contributed by atoms with van der Waals surface area (Å²) in [4.78, 5) is 7.13. The van der Waals surface area contributed by atoms with Gasteiger partial charge in [0, 0.05) is 29.5 Å². The Morgan fingerprint density at radius 1 is 1.17 bits per heavy atom. The highest BCUT2D eigenvalue weighted by Crippen LogP contribution is 2.41. The van der Waals surface area contributed by atoms with Crippen molar-refractivity contribution in [2.24, 2.45) is 5.41 Å². The molecule has 2 aliphatic heterocycles. The van der Waals surface area contributed by atoms with E-state index in [1.165, 1.54) is 12.1 Å². The largest absolute Gasteiger partial charge is 0.387 e. The van der Waals surface area contributed by atoms with E-state index in [9.17, 15) is 13.9 Å². The number of halogens is 3. The number of benzene rings is 1. The van der Waals surface area contributed by atoms with Crippen LogP contribution in [0.3, 0.4) is 0 Å². The maximum Gasteiger partial charge on any atom is 0.301 e. The predicted molar refractivity (Wildman–Crippen MR) is 131 cm³/mol. The molecule has 3 aromatic rings. The molecule has 2 saturated heterocycles. The fourth-order valence-electron chi connectivity index (χ4n) is 5.12. The second kappa shape index (κ2) is 8.85. The molecule has 2 atom stereocenters. The van der Waals surface area contributed by atoms with E-state index >= 15 is 4.39 Å². The van der Waals surface area contributed by atoms with E-state index < -0.39 is 29.4 Å². The zero-order valence-corrected chi connectivity index (χ0v) is 20.8. The van der Waals surface area contributed by atoms with E-state index in [1.54, 1.807) is 6.92 Å². The van der Waals surface area contributed by atoms with E-state index in [2.05, 4.69) is 20.4 Å². The molecule has 0 amide bonds. The second-order valence-electron chi connectivity index (χ2n) is 10.2. The van der Waals surface area contributed by atoms with Crippen molar-refractivity contribution in [2.75, 3.05) is 36.5 Å². The van der Waals surface area contributed by atoms with Crippen LogP contribution in [0.5, 0.6) is 0 Å². The summed E-state index contributed by atoms with van der Waals surface area (Å²) in [5, 5.41) is 21.9. The summed E-state index contributed by atoms with van der Waals surface area (Å²) in [5.74, 6) is -4.39. The Morgan fingerprint density at radius 2 is 1.92 bits per heavy atom. The fraction of sp³-hybridized carbons (Fsp3) is 0.500. The lowest BCUT2D eigenvalue weighted by atomic mass is 9.85. The normalized spacial score (nSPS) is 18.9. The van der Waals surface area contributed by atoms with Gasteiger partial charge in [-0.25, -0.2) is 9.37 Å². The van der Waals surface area contributed by atoms with Crippen molar-refractivity contribution in [1.82, 2.24) is 15.2 Å². The number of anilines is 2. The molecule has 7 nitrogen and oxygen atoms in total. The van der Waals surface area contributed by atoms with Crippen LogP contribution in [0.1, 0.15) is 48.8 Å². The molecule has 192 valence electrons. The number of hydrogen-bond donors (Lipinski definition) is 2. The highest BCUT2D eigenvalue weighted by molar-refractivity contribution is 5.93. The van der Waals surface area contributed by atoms with Crippen LogP contribution in [-0.2, 0) is 10.7 Å². The van der Waals surface area contributed by atoms with Gasteiger partial charge in [0.05, 0.1) is 47.4 Å². The van der Waals surface area contributed by atoms with E-state index in [0.717, 1.165) is 62.5 Å². The van der Waals surface area contributed by atoms with Gasteiger partial charge in [-0.2, -0.15) is 13.9 Å². The van der Waals surface area contributed by atoms with Crippen LogP contribution in [-0.4, -0.2) is 52.7 Å². The molecule has 0 aliphatic carbocycles. The van der Waals surface area contributed by atoms with Gasteiger partial charge in [-0.05, 0) is 46.2 Å². The van der Waals surface area contributed by atoms with Crippen LogP contribution < -0.4 is 10.2 Å². The average molecular weight is 502 g/mol. The first-order valence-corrected chi connectivity index (χ1v) is 12.1. The molecule has 0 radical (unpaired) electrons. The van der Waals surface area contributed by atoms with Gasteiger partial charge >= 0.3 is 5.92 Å². The van der Waals surface area contributed by atoms with Gasteiger partial charge < -0.3 is 20.1 Å². The van der Waals surface area contributed by atoms with Crippen molar-refractivity contribution in [2.45, 2.75) is 52.2 Å². The molecule has 2 aliphatic rings. The van der Waals surface area contributed by atoms with Gasteiger partial charge in [0.25, 0.3) is 0 Å². The lowest BCUT2D eigenvalue weighted by molar-refractivity contribution is -0.108. The van der Waals surface area contributed by atoms with Crippen molar-refractivity contribution in [3.8, 4) is 0 Å². The summed E-state index contributed by atoms with van der Waals surface area (Å²) < 4.78 is 49.5.